The van der Waals surface area contributed by atoms with Gasteiger partial charge in [0, 0.05) is 30.4 Å². The van der Waals surface area contributed by atoms with E-state index in [1.54, 1.807) is 0 Å². The molecule has 7 heteroatoms. The van der Waals surface area contributed by atoms with Crippen molar-refractivity contribution in [3.8, 4) is 5.75 Å². The first-order valence-corrected chi connectivity index (χ1v) is 6.47. The standard InChI is InChI=1S/C12H12BrNO5/c1-7(15)19-10-6-8(14-11(16)4-5-13)2-3-9(10)12(17)18/h2-3,6H,4-5H2,1H3,(H,14,16)(H,17,18). The van der Waals surface area contributed by atoms with Gasteiger partial charge in [0.25, 0.3) is 0 Å². The van der Waals surface area contributed by atoms with E-state index in [-0.39, 0.29) is 23.6 Å². The maximum absolute atomic E-state index is 11.4. The van der Waals surface area contributed by atoms with Crippen LogP contribution in [0.2, 0.25) is 0 Å². The Hall–Kier alpha value is -1.89. The molecule has 1 aromatic carbocycles. The lowest BCUT2D eigenvalue weighted by Crippen LogP contribution is -2.13. The lowest BCUT2D eigenvalue weighted by Gasteiger charge is -2.09. The van der Waals surface area contributed by atoms with Crippen LogP contribution in [0.15, 0.2) is 18.2 Å². The molecule has 6 nitrogen and oxygen atoms in total. The van der Waals surface area contributed by atoms with E-state index in [4.69, 9.17) is 9.84 Å². The summed E-state index contributed by atoms with van der Waals surface area (Å²) >= 11 is 3.13. The average Bonchev–Trinajstić information content (AvgIpc) is 2.28. The molecule has 0 fully saturated rings. The van der Waals surface area contributed by atoms with Crippen molar-refractivity contribution in [2.24, 2.45) is 0 Å². The monoisotopic (exact) mass is 329 g/mol. The Morgan fingerprint density at radius 2 is 2.05 bits per heavy atom. The first-order valence-electron chi connectivity index (χ1n) is 5.35. The molecule has 0 aromatic heterocycles. The third-order valence-corrected chi connectivity index (χ3v) is 2.47. The van der Waals surface area contributed by atoms with Gasteiger partial charge >= 0.3 is 11.9 Å². The highest BCUT2D eigenvalue weighted by molar-refractivity contribution is 9.09. The second-order valence-electron chi connectivity index (χ2n) is 3.60. The molecule has 0 aliphatic rings. The quantitative estimate of drug-likeness (QED) is 0.490. The zero-order valence-electron chi connectivity index (χ0n) is 10.1. The number of hydrogen-bond donors (Lipinski definition) is 2. The molecule has 102 valence electrons. The average molecular weight is 330 g/mol. The smallest absolute Gasteiger partial charge is 0.339 e. The molecule has 0 saturated carbocycles. The Labute approximate surface area is 117 Å². The topological polar surface area (TPSA) is 92.7 Å². The molecular weight excluding hydrogens is 318 g/mol. The minimum atomic E-state index is -1.21. The summed E-state index contributed by atoms with van der Waals surface area (Å²) in [6.07, 6.45) is 0.281. The number of alkyl halides is 1. The van der Waals surface area contributed by atoms with Crippen molar-refractivity contribution in [1.29, 1.82) is 0 Å². The van der Waals surface area contributed by atoms with Crippen LogP contribution in [-0.4, -0.2) is 28.3 Å². The summed E-state index contributed by atoms with van der Waals surface area (Å²) in [5.74, 6) is -2.17. The molecule has 0 saturated heterocycles. The molecule has 19 heavy (non-hydrogen) atoms. The molecule has 0 bridgehead atoms. The highest BCUT2D eigenvalue weighted by atomic mass is 79.9. The van der Waals surface area contributed by atoms with Gasteiger partial charge in [-0.05, 0) is 12.1 Å². The van der Waals surface area contributed by atoms with Crippen LogP contribution >= 0.6 is 15.9 Å². The van der Waals surface area contributed by atoms with Crippen molar-refractivity contribution in [3.05, 3.63) is 23.8 Å². The number of carbonyl (C=O) groups excluding carboxylic acids is 2. The third kappa shape index (κ3) is 4.70. The van der Waals surface area contributed by atoms with E-state index < -0.39 is 11.9 Å². The predicted octanol–water partition coefficient (Wildman–Crippen LogP) is 2.03. The van der Waals surface area contributed by atoms with Gasteiger partial charge in [-0.15, -0.1) is 0 Å². The van der Waals surface area contributed by atoms with E-state index in [0.717, 1.165) is 0 Å². The Morgan fingerprint density at radius 1 is 1.37 bits per heavy atom. The first-order chi connectivity index (χ1) is 8.93. The number of esters is 1. The van der Waals surface area contributed by atoms with Gasteiger partial charge in [0.05, 0.1) is 0 Å². The summed E-state index contributed by atoms with van der Waals surface area (Å²) < 4.78 is 4.81. The van der Waals surface area contributed by atoms with E-state index in [0.29, 0.717) is 11.0 Å². The molecule has 0 spiro atoms. The fraction of sp³-hybridized carbons (Fsp3) is 0.250. The highest BCUT2D eigenvalue weighted by Crippen LogP contribution is 2.24. The van der Waals surface area contributed by atoms with Gasteiger partial charge in [-0.2, -0.15) is 0 Å². The Kier molecular flexibility index (Phi) is 5.50. The lowest BCUT2D eigenvalue weighted by molar-refractivity contribution is -0.131. The number of aromatic carboxylic acids is 1. The van der Waals surface area contributed by atoms with Crippen LogP contribution in [0.25, 0.3) is 0 Å². The zero-order chi connectivity index (χ0) is 14.4. The Balaban J connectivity index is 3.00. The number of anilines is 1. The predicted molar refractivity (Wildman–Crippen MR) is 71.8 cm³/mol. The fourth-order valence-corrected chi connectivity index (χ4v) is 1.69. The number of carbonyl (C=O) groups is 3. The van der Waals surface area contributed by atoms with Gasteiger partial charge in [0.15, 0.2) is 0 Å². The highest BCUT2D eigenvalue weighted by Gasteiger charge is 2.14. The van der Waals surface area contributed by atoms with Crippen LogP contribution in [0.4, 0.5) is 5.69 Å². The van der Waals surface area contributed by atoms with Crippen LogP contribution in [0.5, 0.6) is 5.75 Å². The normalized spacial score (nSPS) is 9.79. The molecule has 0 atom stereocenters. The molecule has 0 aliphatic heterocycles. The third-order valence-electron chi connectivity index (χ3n) is 2.07. The van der Waals surface area contributed by atoms with E-state index in [1.165, 1.54) is 25.1 Å². The molecule has 0 radical (unpaired) electrons. The van der Waals surface area contributed by atoms with Crippen molar-refractivity contribution in [3.63, 3.8) is 0 Å². The van der Waals surface area contributed by atoms with Crippen molar-refractivity contribution < 1.29 is 24.2 Å². The molecule has 0 unspecified atom stereocenters. The van der Waals surface area contributed by atoms with Gasteiger partial charge in [-0.3, -0.25) is 9.59 Å². The van der Waals surface area contributed by atoms with Gasteiger partial charge in [-0.1, -0.05) is 15.9 Å². The second-order valence-corrected chi connectivity index (χ2v) is 4.39. The number of nitrogens with one attached hydrogen (secondary N) is 1. The van der Waals surface area contributed by atoms with E-state index in [1.807, 2.05) is 0 Å². The van der Waals surface area contributed by atoms with Crippen molar-refractivity contribution in [2.45, 2.75) is 13.3 Å². The lowest BCUT2D eigenvalue weighted by atomic mass is 10.2. The number of carboxylic acids is 1. The van der Waals surface area contributed by atoms with Crippen LogP contribution in [-0.2, 0) is 9.59 Å². The van der Waals surface area contributed by atoms with Gasteiger partial charge in [-0.25, -0.2) is 4.79 Å². The minimum absolute atomic E-state index is 0.100. The molecule has 1 rings (SSSR count). The number of amides is 1. The largest absolute Gasteiger partial charge is 0.478 e. The maximum Gasteiger partial charge on any atom is 0.339 e. The summed E-state index contributed by atoms with van der Waals surface area (Å²) in [6.45, 7) is 1.17. The van der Waals surface area contributed by atoms with E-state index >= 15 is 0 Å². The van der Waals surface area contributed by atoms with Gasteiger partial charge < -0.3 is 15.2 Å². The summed E-state index contributed by atoms with van der Waals surface area (Å²) in [7, 11) is 0. The number of rotatable bonds is 5. The van der Waals surface area contributed by atoms with Gasteiger partial charge in [0.2, 0.25) is 5.91 Å². The second kappa shape index (κ2) is 6.89. The number of carboxylic acid groups (broad SMARTS) is 1. The van der Waals surface area contributed by atoms with Crippen LogP contribution in [0, 0.1) is 0 Å². The molecule has 1 amide bonds. The van der Waals surface area contributed by atoms with Crippen LogP contribution in [0.1, 0.15) is 23.7 Å². The SMILES string of the molecule is CC(=O)Oc1cc(NC(=O)CCBr)ccc1C(=O)O. The summed E-state index contributed by atoms with van der Waals surface area (Å²) in [5, 5.41) is 12.0. The van der Waals surface area contributed by atoms with Crippen LogP contribution < -0.4 is 10.1 Å². The summed E-state index contributed by atoms with van der Waals surface area (Å²) in [4.78, 5) is 33.3. The first kappa shape index (κ1) is 15.2. The molecule has 1 aromatic rings. The molecule has 0 aliphatic carbocycles. The van der Waals surface area contributed by atoms with Gasteiger partial charge in [0.1, 0.15) is 11.3 Å². The van der Waals surface area contributed by atoms with E-state index in [2.05, 4.69) is 21.2 Å². The number of halogens is 1. The number of hydrogen-bond acceptors (Lipinski definition) is 4. The van der Waals surface area contributed by atoms with Crippen molar-refractivity contribution >= 4 is 39.5 Å². The summed E-state index contributed by atoms with van der Waals surface area (Å²) in [5.41, 5.74) is 0.223. The molecule has 2 N–H and O–H groups in total. The maximum atomic E-state index is 11.4. The Morgan fingerprint density at radius 3 is 2.58 bits per heavy atom. The molecule has 0 heterocycles. The van der Waals surface area contributed by atoms with Crippen LogP contribution in [0.3, 0.4) is 0 Å². The van der Waals surface area contributed by atoms with E-state index in [9.17, 15) is 14.4 Å². The number of ether oxygens (including phenoxy) is 1. The zero-order valence-corrected chi connectivity index (χ0v) is 11.7. The minimum Gasteiger partial charge on any atom is -0.478 e. The Bertz CT molecular complexity index is 515. The fourth-order valence-electron chi connectivity index (χ4n) is 1.33. The van der Waals surface area contributed by atoms with Crippen molar-refractivity contribution in [2.75, 3.05) is 10.6 Å². The number of benzene rings is 1. The molecular formula is C12H12BrNO5. The van der Waals surface area contributed by atoms with Crippen molar-refractivity contribution in [1.82, 2.24) is 0 Å². The summed E-state index contributed by atoms with van der Waals surface area (Å²) in [6, 6.07) is 4.00.